The molecule has 0 unspecified atom stereocenters. The molecule has 0 aromatic rings. The van der Waals surface area contributed by atoms with Crippen LogP contribution in [0.1, 0.15) is 6.92 Å². The van der Waals surface area contributed by atoms with Crippen LogP contribution in [0.15, 0.2) is 20.4 Å². The molecule has 0 aromatic heterocycles. The molecule has 0 atom stereocenters. The van der Waals surface area contributed by atoms with Crippen LogP contribution in [0.3, 0.4) is 0 Å². The van der Waals surface area contributed by atoms with Gasteiger partial charge in [-0.15, -0.1) is 5.10 Å². The molecule has 1 radical (unpaired) electrons. The molecule has 99 valence electrons. The number of ether oxygens (including phenoxy) is 1. The van der Waals surface area contributed by atoms with Crippen LogP contribution in [0, 0.1) is 0 Å². The van der Waals surface area contributed by atoms with Crippen molar-refractivity contribution in [3.63, 3.8) is 0 Å². The van der Waals surface area contributed by atoms with Gasteiger partial charge in [0, 0.05) is 19.3 Å². The molecule has 9 heteroatoms. The van der Waals surface area contributed by atoms with Crippen molar-refractivity contribution in [1.29, 1.82) is 0 Å². The molecular formula is C8H13CuN5OS2. The monoisotopic (exact) mass is 322 g/mol. The summed E-state index contributed by atoms with van der Waals surface area (Å²) in [7, 11) is 3.57. The van der Waals surface area contributed by atoms with E-state index in [9.17, 15) is 0 Å². The molecule has 0 N–H and O–H groups in total. The van der Waals surface area contributed by atoms with Gasteiger partial charge in [-0.1, -0.05) is 0 Å². The van der Waals surface area contributed by atoms with Crippen LogP contribution in [0.5, 0.6) is 0 Å². The average molecular weight is 323 g/mol. The first-order valence-electron chi connectivity index (χ1n) is 4.42. The van der Waals surface area contributed by atoms with Gasteiger partial charge < -0.3 is 34.9 Å². The zero-order chi connectivity index (χ0) is 12.4. The Labute approximate surface area is 123 Å². The fourth-order valence-electron chi connectivity index (χ4n) is 0.465. The van der Waals surface area contributed by atoms with Crippen LogP contribution in [-0.4, -0.2) is 48.4 Å². The summed E-state index contributed by atoms with van der Waals surface area (Å²) in [5.41, 5.74) is 0. The van der Waals surface area contributed by atoms with Crippen LogP contribution in [0.4, 0.5) is 0 Å². The minimum Gasteiger partial charge on any atom is -0.741 e. The second kappa shape index (κ2) is 11.7. The Kier molecular flexibility index (Phi) is 12.8. The smallest absolute Gasteiger partial charge is 0.741 e. The molecule has 17 heavy (non-hydrogen) atoms. The van der Waals surface area contributed by atoms with E-state index in [1.165, 1.54) is 12.4 Å². The zero-order valence-corrected chi connectivity index (χ0v) is 12.2. The fourth-order valence-corrected chi connectivity index (χ4v) is 0.677. The van der Waals surface area contributed by atoms with Crippen molar-refractivity contribution in [3.8, 4) is 0 Å². The van der Waals surface area contributed by atoms with Crippen molar-refractivity contribution in [2.75, 3.05) is 20.7 Å². The van der Waals surface area contributed by atoms with Crippen molar-refractivity contribution in [2.24, 2.45) is 20.4 Å². The molecule has 0 spiro atoms. The van der Waals surface area contributed by atoms with Gasteiger partial charge in [0.2, 0.25) is 0 Å². The predicted octanol–water partition coefficient (Wildman–Crippen LogP) is 0.359. The standard InChI is InChI=1S/C8H15N5OS2.Cu/c1-4-14-8(16)12-10-6-5-9-11-7(15)13(2)3;/h5-6H,4H2,1-3H3,(H,11,15)(H,12,16);/q;+2/p-2. The summed E-state index contributed by atoms with van der Waals surface area (Å²) in [5.74, 6) is 0. The van der Waals surface area contributed by atoms with E-state index in [2.05, 4.69) is 20.4 Å². The second-order valence-electron chi connectivity index (χ2n) is 2.61. The Morgan fingerprint density at radius 2 is 1.71 bits per heavy atom. The Hall–Kier alpha value is -0.761. The summed E-state index contributed by atoms with van der Waals surface area (Å²) < 4.78 is 4.87. The summed E-state index contributed by atoms with van der Waals surface area (Å²) in [6.07, 6.45) is 2.70. The van der Waals surface area contributed by atoms with Gasteiger partial charge in [-0.3, -0.25) is 0 Å². The van der Waals surface area contributed by atoms with E-state index >= 15 is 0 Å². The maximum atomic E-state index is 4.87. The van der Waals surface area contributed by atoms with Gasteiger partial charge in [-0.2, -0.15) is 15.3 Å². The number of rotatable bonds is 4. The molecule has 0 heterocycles. The van der Waals surface area contributed by atoms with E-state index in [0.29, 0.717) is 11.8 Å². The number of nitrogens with zero attached hydrogens (tertiary/aromatic N) is 5. The van der Waals surface area contributed by atoms with Crippen LogP contribution in [0.25, 0.3) is 0 Å². The van der Waals surface area contributed by atoms with E-state index in [0.717, 1.165) is 0 Å². The van der Waals surface area contributed by atoms with E-state index < -0.39 is 0 Å². The van der Waals surface area contributed by atoms with Crippen LogP contribution >= 0.6 is 0 Å². The van der Waals surface area contributed by atoms with Crippen molar-refractivity contribution < 1.29 is 21.8 Å². The predicted molar refractivity (Wildman–Crippen MR) is 71.9 cm³/mol. The van der Waals surface area contributed by atoms with E-state index in [4.69, 9.17) is 30.0 Å². The molecule has 0 aromatic carbocycles. The third kappa shape index (κ3) is 11.5. The van der Waals surface area contributed by atoms with Crippen molar-refractivity contribution in [1.82, 2.24) is 4.90 Å². The Morgan fingerprint density at radius 1 is 1.18 bits per heavy atom. The minimum atomic E-state index is 0. The molecule has 0 amide bonds. The molecule has 6 nitrogen and oxygen atoms in total. The molecule has 0 aliphatic rings. The zero-order valence-electron chi connectivity index (χ0n) is 9.62. The number of amidine groups is 1. The van der Waals surface area contributed by atoms with Crippen molar-refractivity contribution >= 4 is 48.1 Å². The molecule has 0 rings (SSSR count). The van der Waals surface area contributed by atoms with Crippen LogP contribution in [-0.2, 0) is 47.1 Å². The third-order valence-corrected chi connectivity index (χ3v) is 1.78. The van der Waals surface area contributed by atoms with Gasteiger partial charge in [-0.25, -0.2) is 0 Å². The topological polar surface area (TPSA) is 61.9 Å². The largest absolute Gasteiger partial charge is 2.00 e. The average Bonchev–Trinajstić information content (AvgIpc) is 2.23. The van der Waals surface area contributed by atoms with E-state index in [1.54, 1.807) is 19.0 Å². The van der Waals surface area contributed by atoms with Gasteiger partial charge >= 0.3 is 17.1 Å². The molecule has 0 aliphatic carbocycles. The van der Waals surface area contributed by atoms with Crippen LogP contribution in [0.2, 0.25) is 0 Å². The second-order valence-corrected chi connectivity index (χ2v) is 3.32. The quantitative estimate of drug-likeness (QED) is 0.246. The minimum absolute atomic E-state index is 0. The first kappa shape index (κ1) is 18.6. The third-order valence-electron chi connectivity index (χ3n) is 1.13. The van der Waals surface area contributed by atoms with Crippen LogP contribution < -0.4 is 0 Å². The molecule has 0 saturated heterocycles. The molecule has 0 aliphatic heterocycles. The Morgan fingerprint density at radius 3 is 2.18 bits per heavy atom. The SMILES string of the molecule is CCOC([S-])=NN=CC=NN=C([S-])N(C)C.[Cu+2]. The first-order chi connectivity index (χ1) is 7.57. The first-order valence-corrected chi connectivity index (χ1v) is 5.24. The van der Waals surface area contributed by atoms with Gasteiger partial charge in [-0.05, 0) is 6.92 Å². The molecular weight excluding hydrogens is 310 g/mol. The summed E-state index contributed by atoms with van der Waals surface area (Å²) in [5, 5.41) is 15.0. The van der Waals surface area contributed by atoms with E-state index in [1.807, 2.05) is 6.92 Å². The van der Waals surface area contributed by atoms with Gasteiger partial charge in [0.15, 0.2) is 0 Å². The summed E-state index contributed by atoms with van der Waals surface area (Å²) in [6.45, 7) is 2.28. The Balaban J connectivity index is 0. The fraction of sp³-hybridized carbons (Fsp3) is 0.500. The van der Waals surface area contributed by atoms with Crippen molar-refractivity contribution in [2.45, 2.75) is 6.92 Å². The number of hydrogen-bond acceptors (Lipinski definition) is 7. The molecule has 0 bridgehead atoms. The van der Waals surface area contributed by atoms with Gasteiger partial charge in [0.05, 0.1) is 24.3 Å². The molecule has 0 fully saturated rings. The summed E-state index contributed by atoms with van der Waals surface area (Å²) in [6, 6.07) is 0. The number of hydrogen-bond donors (Lipinski definition) is 0. The summed E-state index contributed by atoms with van der Waals surface area (Å²) >= 11 is 9.58. The van der Waals surface area contributed by atoms with Crippen molar-refractivity contribution in [3.05, 3.63) is 0 Å². The summed E-state index contributed by atoms with van der Waals surface area (Å²) in [4.78, 5) is 1.67. The van der Waals surface area contributed by atoms with Gasteiger partial charge in [0.1, 0.15) is 0 Å². The molecule has 0 saturated carbocycles. The Bertz CT molecular complexity index is 317. The van der Waals surface area contributed by atoms with Gasteiger partial charge in [0.25, 0.3) is 0 Å². The maximum Gasteiger partial charge on any atom is 2.00 e. The normalized spacial score (nSPS) is 12.9. The maximum absolute atomic E-state index is 4.87. The van der Waals surface area contributed by atoms with E-state index in [-0.39, 0.29) is 22.3 Å².